The van der Waals surface area contributed by atoms with Gasteiger partial charge in [-0.2, -0.15) is 0 Å². The molecular weight excluding hydrogens is 388 g/mol. The highest BCUT2D eigenvalue weighted by Gasteiger charge is 2.63. The molecule has 2 bridgehead atoms. The molecule has 2 heterocycles. The van der Waals surface area contributed by atoms with Crippen LogP contribution in [0.15, 0.2) is 48.5 Å². The molecule has 0 aromatic heterocycles. The third kappa shape index (κ3) is 4.31. The van der Waals surface area contributed by atoms with Crippen molar-refractivity contribution in [3.63, 3.8) is 0 Å². The van der Waals surface area contributed by atoms with Crippen molar-refractivity contribution in [2.24, 2.45) is 0 Å². The van der Waals surface area contributed by atoms with Crippen molar-refractivity contribution in [2.45, 2.75) is 37.3 Å². The van der Waals surface area contributed by atoms with Gasteiger partial charge in [0.05, 0.1) is 40.6 Å². The van der Waals surface area contributed by atoms with E-state index in [1.807, 2.05) is 48.5 Å². The van der Waals surface area contributed by atoms with Crippen LogP contribution in [0.3, 0.4) is 0 Å². The molecule has 2 aliphatic rings. The second kappa shape index (κ2) is 9.32. The minimum Gasteiger partial charge on any atom is -0.497 e. The fraction of sp³-hybridized carbons (Fsp3) is 0.478. The molecule has 0 radical (unpaired) electrons. The van der Waals surface area contributed by atoms with Gasteiger partial charge in [-0.05, 0) is 35.4 Å². The number of benzene rings is 2. The van der Waals surface area contributed by atoms with Gasteiger partial charge in [0.15, 0.2) is 6.29 Å². The molecule has 2 fully saturated rings. The Bertz CT molecular complexity index is 807. The van der Waals surface area contributed by atoms with Crippen molar-refractivity contribution < 1.29 is 33.2 Å². The summed E-state index contributed by atoms with van der Waals surface area (Å²) in [6.07, 6.45) is -1.03. The first-order valence-electron chi connectivity index (χ1n) is 9.95. The molecule has 7 nitrogen and oxygen atoms in total. The fourth-order valence-electron chi connectivity index (χ4n) is 3.88. The maximum absolute atomic E-state index is 6.25. The smallest absolute Gasteiger partial charge is 0.187 e. The normalized spacial score (nSPS) is 27.4. The summed E-state index contributed by atoms with van der Waals surface area (Å²) in [6, 6.07) is 15.6. The average molecular weight is 416 g/mol. The average Bonchev–Trinajstić information content (AvgIpc) is 3.30. The topological polar surface area (TPSA) is 64.6 Å². The van der Waals surface area contributed by atoms with Crippen molar-refractivity contribution in [1.29, 1.82) is 0 Å². The summed E-state index contributed by atoms with van der Waals surface area (Å²) in [4.78, 5) is 0. The molecule has 4 rings (SSSR count). The second-order valence-electron chi connectivity index (χ2n) is 7.48. The maximum Gasteiger partial charge on any atom is 0.187 e. The molecular formula is C23H28O7. The fourth-order valence-corrected chi connectivity index (χ4v) is 3.88. The monoisotopic (exact) mass is 416 g/mol. The first-order chi connectivity index (χ1) is 14.7. The van der Waals surface area contributed by atoms with Crippen LogP contribution >= 0.6 is 0 Å². The van der Waals surface area contributed by atoms with E-state index < -0.39 is 11.9 Å². The molecule has 2 aliphatic heterocycles. The van der Waals surface area contributed by atoms with Gasteiger partial charge in [0.25, 0.3) is 0 Å². The minimum absolute atomic E-state index is 0.277. The van der Waals surface area contributed by atoms with Crippen LogP contribution in [0, 0.1) is 0 Å². The summed E-state index contributed by atoms with van der Waals surface area (Å²) in [5, 5.41) is 0. The Morgan fingerprint density at radius 1 is 0.867 bits per heavy atom. The van der Waals surface area contributed by atoms with Gasteiger partial charge in [-0.1, -0.05) is 24.3 Å². The van der Waals surface area contributed by atoms with E-state index in [1.165, 1.54) is 0 Å². The molecule has 30 heavy (non-hydrogen) atoms. The lowest BCUT2D eigenvalue weighted by Gasteiger charge is -2.30. The van der Waals surface area contributed by atoms with Gasteiger partial charge in [0, 0.05) is 7.11 Å². The van der Waals surface area contributed by atoms with Crippen LogP contribution in [0.2, 0.25) is 0 Å². The molecule has 162 valence electrons. The lowest BCUT2D eigenvalue weighted by molar-refractivity contribution is -0.246. The van der Waals surface area contributed by atoms with Gasteiger partial charge < -0.3 is 33.2 Å². The number of rotatable bonds is 10. The number of hydrogen-bond donors (Lipinski definition) is 0. The Morgan fingerprint density at radius 2 is 1.47 bits per heavy atom. The zero-order valence-electron chi connectivity index (χ0n) is 17.5. The number of hydrogen-bond acceptors (Lipinski definition) is 7. The lowest BCUT2D eigenvalue weighted by atomic mass is 10.00. The molecule has 2 aromatic rings. The predicted octanol–water partition coefficient (Wildman–Crippen LogP) is 2.95. The van der Waals surface area contributed by atoms with Crippen LogP contribution in [0.25, 0.3) is 0 Å². The zero-order valence-corrected chi connectivity index (χ0v) is 17.5. The van der Waals surface area contributed by atoms with E-state index in [2.05, 4.69) is 0 Å². The largest absolute Gasteiger partial charge is 0.497 e. The van der Waals surface area contributed by atoms with Crippen LogP contribution in [-0.2, 0) is 36.9 Å². The summed E-state index contributed by atoms with van der Waals surface area (Å²) in [5.74, 6) is 1.63. The van der Waals surface area contributed by atoms with Crippen molar-refractivity contribution in [1.82, 2.24) is 0 Å². The molecule has 0 saturated carbocycles. The molecule has 0 N–H and O–H groups in total. The van der Waals surface area contributed by atoms with Gasteiger partial charge in [-0.25, -0.2) is 0 Å². The van der Waals surface area contributed by atoms with E-state index >= 15 is 0 Å². The Hall–Kier alpha value is -2.16. The molecule has 2 saturated heterocycles. The van der Waals surface area contributed by atoms with Crippen LogP contribution in [0.5, 0.6) is 11.5 Å². The highest BCUT2D eigenvalue weighted by atomic mass is 16.8. The van der Waals surface area contributed by atoms with E-state index in [9.17, 15) is 0 Å². The van der Waals surface area contributed by atoms with E-state index in [0.29, 0.717) is 26.4 Å². The Kier molecular flexibility index (Phi) is 6.55. The Balaban J connectivity index is 1.38. The van der Waals surface area contributed by atoms with Gasteiger partial charge in [-0.15, -0.1) is 0 Å². The second-order valence-corrected chi connectivity index (χ2v) is 7.48. The van der Waals surface area contributed by atoms with E-state index in [0.717, 1.165) is 22.6 Å². The highest BCUT2D eigenvalue weighted by Crippen LogP contribution is 2.43. The maximum atomic E-state index is 6.25. The van der Waals surface area contributed by atoms with E-state index in [-0.39, 0.29) is 12.2 Å². The molecule has 0 spiro atoms. The van der Waals surface area contributed by atoms with Crippen molar-refractivity contribution in [2.75, 3.05) is 34.5 Å². The summed E-state index contributed by atoms with van der Waals surface area (Å²) in [6.45, 7) is 1.66. The van der Waals surface area contributed by atoms with Crippen molar-refractivity contribution in [3.05, 3.63) is 59.7 Å². The summed E-state index contributed by atoms with van der Waals surface area (Å²) >= 11 is 0. The predicted molar refractivity (Wildman–Crippen MR) is 109 cm³/mol. The minimum atomic E-state index is -0.690. The summed E-state index contributed by atoms with van der Waals surface area (Å²) < 4.78 is 40.2. The van der Waals surface area contributed by atoms with Gasteiger partial charge in [-0.3, -0.25) is 0 Å². The molecule has 0 aliphatic carbocycles. The number of methoxy groups -OCH3 is 3. The van der Waals surface area contributed by atoms with Crippen LogP contribution in [0.4, 0.5) is 0 Å². The van der Waals surface area contributed by atoms with Crippen molar-refractivity contribution >= 4 is 0 Å². The number of fused-ring (bicyclic) bond motifs is 2. The third-order valence-electron chi connectivity index (χ3n) is 5.55. The van der Waals surface area contributed by atoms with Crippen molar-refractivity contribution in [3.8, 4) is 11.5 Å². The molecule has 4 atom stereocenters. The summed E-state index contributed by atoms with van der Waals surface area (Å²) in [5.41, 5.74) is 1.41. The van der Waals surface area contributed by atoms with E-state index in [1.54, 1.807) is 21.3 Å². The molecule has 7 heteroatoms. The first-order valence-corrected chi connectivity index (χ1v) is 9.95. The molecule has 0 unspecified atom stereocenters. The van der Waals surface area contributed by atoms with Gasteiger partial charge in [0.1, 0.15) is 29.3 Å². The number of ether oxygens (including phenoxy) is 7. The Morgan fingerprint density at radius 3 is 2.03 bits per heavy atom. The van der Waals surface area contributed by atoms with Gasteiger partial charge in [0.2, 0.25) is 0 Å². The Labute approximate surface area is 176 Å². The molecule has 2 aromatic carbocycles. The molecule has 0 amide bonds. The zero-order chi connectivity index (χ0) is 21.0. The standard InChI is InChI=1S/C23H28O7/c1-24-18-8-4-16(5-9-18)12-27-14-23-15-29-20(22(26-3)30-23)21(23)28-13-17-6-10-19(25-2)11-7-17/h4-11,20-22H,12-15H2,1-3H3/t20-,21+,22-,23+/m1/s1. The third-order valence-corrected chi connectivity index (χ3v) is 5.55. The van der Waals surface area contributed by atoms with Gasteiger partial charge >= 0.3 is 0 Å². The first kappa shape index (κ1) is 21.1. The highest BCUT2D eigenvalue weighted by molar-refractivity contribution is 5.27. The van der Waals surface area contributed by atoms with Crippen LogP contribution < -0.4 is 9.47 Å². The van der Waals surface area contributed by atoms with Crippen LogP contribution in [-0.4, -0.2) is 58.6 Å². The van der Waals surface area contributed by atoms with Crippen LogP contribution in [0.1, 0.15) is 11.1 Å². The lowest BCUT2D eigenvalue weighted by Crippen LogP contribution is -2.46. The quantitative estimate of drug-likeness (QED) is 0.590. The SMILES string of the molecule is COc1ccc(COC[C@@]23CO[C@@H]([C@H](OC)O2)[C@@H]3OCc2ccc(OC)cc2)cc1. The van der Waals surface area contributed by atoms with E-state index in [4.69, 9.17) is 33.2 Å². The summed E-state index contributed by atoms with van der Waals surface area (Å²) in [7, 11) is 4.91.